The van der Waals surface area contributed by atoms with E-state index in [1.165, 1.54) is 0 Å². The summed E-state index contributed by atoms with van der Waals surface area (Å²) in [7, 11) is 0. The maximum absolute atomic E-state index is 6.33. The van der Waals surface area contributed by atoms with Crippen molar-refractivity contribution in [1.29, 1.82) is 0 Å². The van der Waals surface area contributed by atoms with Crippen LogP contribution in [0.5, 0.6) is 0 Å². The molecular weight excluding hydrogens is 293 g/mol. The zero-order valence-electron chi connectivity index (χ0n) is 11.4. The van der Waals surface area contributed by atoms with Crippen LogP contribution in [0.2, 0.25) is 10.0 Å². The highest BCUT2D eigenvalue weighted by Gasteiger charge is 2.30. The topological polar surface area (TPSA) is 29.9 Å². The number of rotatable bonds is 2. The molecule has 1 fully saturated rings. The Morgan fingerprint density at radius 2 is 2.00 bits per heavy atom. The van der Waals surface area contributed by atoms with E-state index in [9.17, 15) is 0 Å². The number of aromatic nitrogens is 2. The van der Waals surface area contributed by atoms with Crippen molar-refractivity contribution in [2.45, 2.75) is 25.3 Å². The van der Waals surface area contributed by atoms with Gasteiger partial charge in [-0.3, -0.25) is 0 Å². The number of halogens is 2. The second-order valence-electron chi connectivity index (χ2n) is 5.52. The van der Waals surface area contributed by atoms with Gasteiger partial charge in [0, 0.05) is 16.1 Å². The average molecular weight is 310 g/mol. The van der Waals surface area contributed by atoms with Crippen LogP contribution in [0.3, 0.4) is 0 Å². The molecule has 0 radical (unpaired) electrons. The molecule has 0 spiro atoms. The van der Waals surface area contributed by atoms with E-state index in [1.54, 1.807) is 6.07 Å². The lowest BCUT2D eigenvalue weighted by atomic mass is 9.89. The van der Waals surface area contributed by atoms with Crippen molar-refractivity contribution < 1.29 is 0 Å². The van der Waals surface area contributed by atoms with E-state index in [4.69, 9.17) is 23.2 Å². The molecule has 20 heavy (non-hydrogen) atoms. The van der Waals surface area contributed by atoms with Crippen molar-refractivity contribution in [1.82, 2.24) is 14.9 Å². The molecule has 1 aromatic heterocycles. The fourth-order valence-electron chi connectivity index (χ4n) is 2.82. The van der Waals surface area contributed by atoms with Crippen LogP contribution in [0.1, 0.15) is 19.8 Å². The SMILES string of the molecule is CC1(n2cncc2-c2cc(Cl)ccc2Cl)CCNCC1. The molecule has 1 saturated heterocycles. The second kappa shape index (κ2) is 5.40. The Labute approximate surface area is 128 Å². The zero-order chi connectivity index (χ0) is 14.2. The molecule has 5 heteroatoms. The molecule has 1 aliphatic rings. The summed E-state index contributed by atoms with van der Waals surface area (Å²) in [4.78, 5) is 4.33. The van der Waals surface area contributed by atoms with E-state index in [0.717, 1.165) is 37.2 Å². The summed E-state index contributed by atoms with van der Waals surface area (Å²) in [6.07, 6.45) is 5.92. The average Bonchev–Trinajstić information content (AvgIpc) is 2.92. The number of hydrogen-bond donors (Lipinski definition) is 1. The number of benzene rings is 1. The van der Waals surface area contributed by atoms with E-state index >= 15 is 0 Å². The largest absolute Gasteiger partial charge is 0.325 e. The van der Waals surface area contributed by atoms with Gasteiger partial charge in [-0.1, -0.05) is 23.2 Å². The lowest BCUT2D eigenvalue weighted by Gasteiger charge is -2.36. The molecule has 0 saturated carbocycles. The number of nitrogens with zero attached hydrogens (tertiary/aromatic N) is 2. The van der Waals surface area contributed by atoms with Crippen LogP contribution < -0.4 is 5.32 Å². The van der Waals surface area contributed by atoms with Gasteiger partial charge in [0.1, 0.15) is 0 Å². The Hall–Kier alpha value is -1.03. The summed E-state index contributed by atoms with van der Waals surface area (Å²) in [5.41, 5.74) is 2.04. The minimum absolute atomic E-state index is 0.0722. The highest BCUT2D eigenvalue weighted by Crippen LogP contribution is 2.36. The fraction of sp³-hybridized carbons (Fsp3) is 0.400. The predicted octanol–water partition coefficient (Wildman–Crippen LogP) is 3.96. The van der Waals surface area contributed by atoms with E-state index in [2.05, 4.69) is 21.8 Å². The van der Waals surface area contributed by atoms with Gasteiger partial charge in [-0.05, 0) is 51.1 Å². The van der Waals surface area contributed by atoms with Crippen molar-refractivity contribution in [3.8, 4) is 11.3 Å². The number of piperidine rings is 1. The van der Waals surface area contributed by atoms with Gasteiger partial charge in [0.05, 0.1) is 23.2 Å². The van der Waals surface area contributed by atoms with Gasteiger partial charge < -0.3 is 9.88 Å². The molecule has 3 nitrogen and oxygen atoms in total. The Balaban J connectivity index is 2.08. The van der Waals surface area contributed by atoms with E-state index in [1.807, 2.05) is 24.7 Å². The number of hydrogen-bond acceptors (Lipinski definition) is 2. The molecule has 0 amide bonds. The molecule has 106 valence electrons. The lowest BCUT2D eigenvalue weighted by Crippen LogP contribution is -2.41. The first-order chi connectivity index (χ1) is 9.60. The van der Waals surface area contributed by atoms with Crippen LogP contribution in [0.25, 0.3) is 11.3 Å². The van der Waals surface area contributed by atoms with Gasteiger partial charge >= 0.3 is 0 Å². The van der Waals surface area contributed by atoms with Crippen molar-refractivity contribution in [2.24, 2.45) is 0 Å². The Kier molecular flexibility index (Phi) is 3.76. The maximum atomic E-state index is 6.33. The normalized spacial score (nSPS) is 18.1. The summed E-state index contributed by atoms with van der Waals surface area (Å²) in [5.74, 6) is 0. The summed E-state index contributed by atoms with van der Waals surface area (Å²) in [6.45, 7) is 4.33. The van der Waals surface area contributed by atoms with Crippen molar-refractivity contribution in [3.05, 3.63) is 40.8 Å². The molecule has 3 rings (SSSR count). The van der Waals surface area contributed by atoms with Crippen molar-refractivity contribution in [2.75, 3.05) is 13.1 Å². The third-order valence-electron chi connectivity index (χ3n) is 4.11. The van der Waals surface area contributed by atoms with Crippen LogP contribution >= 0.6 is 23.2 Å². The first-order valence-corrected chi connectivity index (χ1v) is 7.55. The van der Waals surface area contributed by atoms with Gasteiger partial charge in [-0.15, -0.1) is 0 Å². The predicted molar refractivity (Wildman–Crippen MR) is 83.4 cm³/mol. The second-order valence-corrected chi connectivity index (χ2v) is 6.36. The van der Waals surface area contributed by atoms with Crippen molar-refractivity contribution in [3.63, 3.8) is 0 Å². The van der Waals surface area contributed by atoms with Crippen molar-refractivity contribution >= 4 is 23.2 Å². The third kappa shape index (κ3) is 2.46. The minimum atomic E-state index is 0.0722. The van der Waals surface area contributed by atoms with Crippen LogP contribution in [0.4, 0.5) is 0 Å². The van der Waals surface area contributed by atoms with Gasteiger partial charge in [0.2, 0.25) is 0 Å². The number of nitrogens with one attached hydrogen (secondary N) is 1. The molecule has 0 aliphatic carbocycles. The summed E-state index contributed by atoms with van der Waals surface area (Å²) in [5, 5.41) is 4.79. The summed E-state index contributed by atoms with van der Waals surface area (Å²) < 4.78 is 2.24. The molecule has 0 atom stereocenters. The maximum Gasteiger partial charge on any atom is 0.0956 e. The quantitative estimate of drug-likeness (QED) is 0.910. The van der Waals surface area contributed by atoms with E-state index in [0.29, 0.717) is 10.0 Å². The molecule has 1 aliphatic heterocycles. The smallest absolute Gasteiger partial charge is 0.0956 e. The Morgan fingerprint density at radius 3 is 2.75 bits per heavy atom. The summed E-state index contributed by atoms with van der Waals surface area (Å²) >= 11 is 12.4. The standard InChI is InChI=1S/C15H17Cl2N3/c1-15(4-6-18-7-5-15)20-10-19-9-14(20)12-8-11(16)2-3-13(12)17/h2-3,8-10,18H,4-7H2,1H3. The lowest BCUT2D eigenvalue weighted by molar-refractivity contribution is 0.233. The highest BCUT2D eigenvalue weighted by molar-refractivity contribution is 6.35. The van der Waals surface area contributed by atoms with Gasteiger partial charge in [0.15, 0.2) is 0 Å². The molecular formula is C15H17Cl2N3. The van der Waals surface area contributed by atoms with E-state index in [-0.39, 0.29) is 5.54 Å². The van der Waals surface area contributed by atoms with Gasteiger partial charge in [0.25, 0.3) is 0 Å². The van der Waals surface area contributed by atoms with Crippen LogP contribution in [0.15, 0.2) is 30.7 Å². The molecule has 1 N–H and O–H groups in total. The molecule has 0 bridgehead atoms. The molecule has 2 aromatic rings. The highest BCUT2D eigenvalue weighted by atomic mass is 35.5. The zero-order valence-corrected chi connectivity index (χ0v) is 12.9. The molecule has 1 aromatic carbocycles. The van der Waals surface area contributed by atoms with Crippen LogP contribution in [-0.4, -0.2) is 22.6 Å². The van der Waals surface area contributed by atoms with Gasteiger partial charge in [-0.2, -0.15) is 0 Å². The van der Waals surface area contributed by atoms with Crippen LogP contribution in [0, 0.1) is 0 Å². The Bertz CT molecular complexity index is 615. The first-order valence-electron chi connectivity index (χ1n) is 6.79. The van der Waals surface area contributed by atoms with Gasteiger partial charge in [-0.25, -0.2) is 4.98 Å². The monoisotopic (exact) mass is 309 g/mol. The minimum Gasteiger partial charge on any atom is -0.325 e. The third-order valence-corrected chi connectivity index (χ3v) is 4.67. The van der Waals surface area contributed by atoms with E-state index < -0.39 is 0 Å². The first kappa shape index (κ1) is 13.9. The van der Waals surface area contributed by atoms with Crippen LogP contribution in [-0.2, 0) is 5.54 Å². The molecule has 2 heterocycles. The summed E-state index contributed by atoms with van der Waals surface area (Å²) in [6, 6.07) is 5.55. The molecule has 0 unspecified atom stereocenters. The fourth-order valence-corrected chi connectivity index (χ4v) is 3.21. The number of imidazole rings is 1. The Morgan fingerprint density at radius 1 is 1.25 bits per heavy atom.